The highest BCUT2D eigenvalue weighted by atomic mass is 127. The Labute approximate surface area is 138 Å². The van der Waals surface area contributed by atoms with Crippen molar-refractivity contribution in [3.8, 4) is 5.75 Å². The van der Waals surface area contributed by atoms with Crippen LogP contribution in [0.2, 0.25) is 0 Å². The van der Waals surface area contributed by atoms with Crippen LogP contribution in [0.25, 0.3) is 0 Å². The van der Waals surface area contributed by atoms with E-state index in [4.69, 9.17) is 10.5 Å². The monoisotopic (exact) mass is 414 g/mol. The van der Waals surface area contributed by atoms with Gasteiger partial charge in [0.15, 0.2) is 5.96 Å². The third-order valence-corrected chi connectivity index (χ3v) is 2.76. The lowest BCUT2D eigenvalue weighted by molar-refractivity contribution is -0.0500. The van der Waals surface area contributed by atoms with Crippen LogP contribution in [0.4, 0.5) is 8.78 Å². The third kappa shape index (κ3) is 5.96. The topological polar surface area (TPSA) is 73.0 Å². The van der Waals surface area contributed by atoms with Crippen LogP contribution in [-0.2, 0) is 11.3 Å². The molecule has 1 aromatic heterocycles. The quantitative estimate of drug-likeness (QED) is 0.459. The minimum atomic E-state index is -2.85. The second-order valence-corrected chi connectivity index (χ2v) is 4.14. The molecule has 1 aliphatic heterocycles. The Morgan fingerprint density at radius 3 is 2.71 bits per heavy atom. The van der Waals surface area contributed by atoms with Gasteiger partial charge in [0.25, 0.3) is 0 Å². The predicted octanol–water partition coefficient (Wildman–Crippen LogP) is 1.45. The zero-order valence-electron chi connectivity index (χ0n) is 11.2. The van der Waals surface area contributed by atoms with Crippen LogP contribution in [0.1, 0.15) is 5.69 Å². The molecule has 2 rings (SSSR count). The molecule has 0 radical (unpaired) electrons. The summed E-state index contributed by atoms with van der Waals surface area (Å²) in [5.41, 5.74) is 6.49. The predicted molar refractivity (Wildman–Crippen MR) is 84.0 cm³/mol. The minimum absolute atomic E-state index is 0. The molecular weight excluding hydrogens is 397 g/mol. The Morgan fingerprint density at radius 1 is 1.43 bits per heavy atom. The second-order valence-electron chi connectivity index (χ2n) is 4.14. The summed E-state index contributed by atoms with van der Waals surface area (Å²) in [6.07, 6.45) is 1.24. The van der Waals surface area contributed by atoms with Gasteiger partial charge in [0, 0.05) is 13.1 Å². The molecule has 0 amide bonds. The summed E-state index contributed by atoms with van der Waals surface area (Å²) in [6, 6.07) is 3.00. The van der Waals surface area contributed by atoms with Crippen LogP contribution >= 0.6 is 24.0 Å². The van der Waals surface area contributed by atoms with E-state index in [2.05, 4.69) is 14.7 Å². The van der Waals surface area contributed by atoms with Crippen LogP contribution in [0.15, 0.2) is 23.3 Å². The number of guanidine groups is 1. The molecule has 2 heterocycles. The van der Waals surface area contributed by atoms with Crippen molar-refractivity contribution in [3.05, 3.63) is 24.0 Å². The van der Waals surface area contributed by atoms with Gasteiger partial charge in [-0.3, -0.25) is 4.98 Å². The molecule has 9 heteroatoms. The van der Waals surface area contributed by atoms with E-state index in [9.17, 15) is 8.78 Å². The number of nitrogens with two attached hydrogens (primary N) is 1. The molecule has 21 heavy (non-hydrogen) atoms. The van der Waals surface area contributed by atoms with E-state index in [1.54, 1.807) is 6.07 Å². The van der Waals surface area contributed by atoms with Crippen molar-refractivity contribution in [1.82, 2.24) is 9.88 Å². The summed E-state index contributed by atoms with van der Waals surface area (Å²) in [7, 11) is 0. The fourth-order valence-electron chi connectivity index (χ4n) is 1.73. The summed E-state index contributed by atoms with van der Waals surface area (Å²) < 4.78 is 33.4. The molecule has 0 aromatic carbocycles. The first kappa shape index (κ1) is 17.8. The Kier molecular flexibility index (Phi) is 7.57. The number of aromatic nitrogens is 1. The van der Waals surface area contributed by atoms with Gasteiger partial charge in [-0.2, -0.15) is 8.78 Å². The maximum absolute atomic E-state index is 12.0. The van der Waals surface area contributed by atoms with Gasteiger partial charge >= 0.3 is 6.61 Å². The molecule has 0 aliphatic carbocycles. The molecule has 0 saturated carbocycles. The Balaban J connectivity index is 0.00000220. The number of halogens is 3. The normalized spacial score (nSPS) is 15.8. The average molecular weight is 414 g/mol. The van der Waals surface area contributed by atoms with Gasteiger partial charge in [0.1, 0.15) is 5.75 Å². The van der Waals surface area contributed by atoms with E-state index in [0.717, 1.165) is 0 Å². The third-order valence-electron chi connectivity index (χ3n) is 2.76. The van der Waals surface area contributed by atoms with Crippen LogP contribution in [-0.4, -0.2) is 48.8 Å². The van der Waals surface area contributed by atoms with E-state index in [-0.39, 0.29) is 36.3 Å². The summed E-state index contributed by atoms with van der Waals surface area (Å²) >= 11 is 0. The maximum Gasteiger partial charge on any atom is 0.387 e. The van der Waals surface area contributed by atoms with E-state index in [1.807, 2.05) is 4.90 Å². The number of hydrogen-bond acceptors (Lipinski definition) is 4. The fourth-order valence-corrected chi connectivity index (χ4v) is 1.73. The fraction of sp³-hybridized carbons (Fsp3) is 0.500. The van der Waals surface area contributed by atoms with E-state index >= 15 is 0 Å². The zero-order valence-corrected chi connectivity index (χ0v) is 13.6. The largest absolute Gasteiger partial charge is 0.433 e. The molecule has 1 aromatic rings. The molecular formula is C12H17F2IN4O2. The molecule has 1 saturated heterocycles. The number of aliphatic imine (C=N–C) groups is 1. The smallest absolute Gasteiger partial charge is 0.387 e. The van der Waals surface area contributed by atoms with Gasteiger partial charge in [-0.05, 0) is 12.1 Å². The van der Waals surface area contributed by atoms with Crippen molar-refractivity contribution >= 4 is 29.9 Å². The van der Waals surface area contributed by atoms with Crippen molar-refractivity contribution < 1.29 is 18.3 Å². The molecule has 118 valence electrons. The molecule has 0 atom stereocenters. The van der Waals surface area contributed by atoms with Gasteiger partial charge in [0.2, 0.25) is 0 Å². The molecule has 2 N–H and O–H groups in total. The molecule has 1 aliphatic rings. The van der Waals surface area contributed by atoms with Crippen molar-refractivity contribution in [2.75, 3.05) is 26.3 Å². The lowest BCUT2D eigenvalue weighted by Crippen LogP contribution is -2.44. The SMILES string of the molecule is I.NC(=NCc1ccc(OC(F)F)cn1)N1CCOCC1. The van der Waals surface area contributed by atoms with Gasteiger partial charge < -0.3 is 20.1 Å². The van der Waals surface area contributed by atoms with E-state index < -0.39 is 6.61 Å². The van der Waals surface area contributed by atoms with Crippen molar-refractivity contribution in [1.29, 1.82) is 0 Å². The van der Waals surface area contributed by atoms with Gasteiger partial charge in [0.05, 0.1) is 31.6 Å². The van der Waals surface area contributed by atoms with Crippen molar-refractivity contribution in [2.45, 2.75) is 13.2 Å². The van der Waals surface area contributed by atoms with Crippen LogP contribution in [0.3, 0.4) is 0 Å². The highest BCUT2D eigenvalue weighted by molar-refractivity contribution is 14.0. The van der Waals surface area contributed by atoms with Crippen LogP contribution < -0.4 is 10.5 Å². The number of pyridine rings is 1. The number of alkyl halides is 2. The summed E-state index contributed by atoms with van der Waals surface area (Å²) in [5, 5.41) is 0. The first-order valence-electron chi connectivity index (χ1n) is 6.17. The van der Waals surface area contributed by atoms with Crippen LogP contribution in [0, 0.1) is 0 Å². The van der Waals surface area contributed by atoms with E-state index in [1.165, 1.54) is 12.3 Å². The van der Waals surface area contributed by atoms with Gasteiger partial charge in [-0.25, -0.2) is 4.99 Å². The van der Waals surface area contributed by atoms with Crippen molar-refractivity contribution in [3.63, 3.8) is 0 Å². The van der Waals surface area contributed by atoms with Crippen molar-refractivity contribution in [2.24, 2.45) is 10.7 Å². The lowest BCUT2D eigenvalue weighted by Gasteiger charge is -2.27. The standard InChI is InChI=1S/C12H16F2N4O2.HI/c13-11(14)20-10-2-1-9(16-8-10)7-17-12(15)18-3-5-19-6-4-18;/h1-2,8,11H,3-7H2,(H2,15,17);1H. The van der Waals surface area contributed by atoms with Gasteiger partial charge in [-0.1, -0.05) is 0 Å². The Hall–Kier alpha value is -1.23. The Morgan fingerprint density at radius 2 is 2.14 bits per heavy atom. The molecule has 0 bridgehead atoms. The maximum atomic E-state index is 12.0. The summed E-state index contributed by atoms with van der Waals surface area (Å²) in [5.74, 6) is 0.455. The second kappa shape index (κ2) is 8.93. The molecule has 0 unspecified atom stereocenters. The van der Waals surface area contributed by atoms with Crippen LogP contribution in [0.5, 0.6) is 5.75 Å². The molecule has 6 nitrogen and oxygen atoms in total. The minimum Gasteiger partial charge on any atom is -0.433 e. The number of morpholine rings is 1. The molecule has 0 spiro atoms. The molecule has 1 fully saturated rings. The van der Waals surface area contributed by atoms with Gasteiger partial charge in [-0.15, -0.1) is 24.0 Å². The number of ether oxygens (including phenoxy) is 2. The first-order chi connectivity index (χ1) is 9.65. The average Bonchev–Trinajstić information content (AvgIpc) is 2.46. The summed E-state index contributed by atoms with van der Waals surface area (Å²) in [6.45, 7) is 0.131. The highest BCUT2D eigenvalue weighted by Crippen LogP contribution is 2.12. The van der Waals surface area contributed by atoms with E-state index in [0.29, 0.717) is 38.0 Å². The number of nitrogens with zero attached hydrogens (tertiary/aromatic N) is 3. The first-order valence-corrected chi connectivity index (χ1v) is 6.17. The highest BCUT2D eigenvalue weighted by Gasteiger charge is 2.12. The number of hydrogen-bond donors (Lipinski definition) is 1. The lowest BCUT2D eigenvalue weighted by atomic mass is 10.3. The summed E-state index contributed by atoms with van der Waals surface area (Å²) in [4.78, 5) is 10.1. The number of rotatable bonds is 4. The zero-order chi connectivity index (χ0) is 14.4. The Bertz CT molecular complexity index is 453.